The minimum Gasteiger partial charge on any atom is -0.425 e. The van der Waals surface area contributed by atoms with Crippen molar-refractivity contribution in [2.45, 2.75) is 0 Å². The van der Waals surface area contributed by atoms with Crippen molar-refractivity contribution in [2.24, 2.45) is 5.73 Å². The Labute approximate surface area is 131 Å². The molecule has 0 radical (unpaired) electrons. The number of ether oxygens (including phenoxy) is 1. The molecule has 22 heavy (non-hydrogen) atoms. The van der Waals surface area contributed by atoms with Crippen LogP contribution in [-0.2, 0) is 0 Å². The summed E-state index contributed by atoms with van der Waals surface area (Å²) in [6, 6.07) is 13.5. The number of nitrogens with zero attached hydrogens (tertiary/aromatic N) is 1. The molecule has 2 aromatic carbocycles. The van der Waals surface area contributed by atoms with Crippen LogP contribution in [0.25, 0.3) is 11.5 Å². The van der Waals surface area contributed by atoms with E-state index in [2.05, 4.69) is 4.98 Å². The molecule has 6 heteroatoms. The van der Waals surface area contributed by atoms with Gasteiger partial charge in [0.25, 0.3) is 0 Å². The van der Waals surface area contributed by atoms with Crippen molar-refractivity contribution in [1.29, 1.82) is 0 Å². The number of rotatable bonds is 4. The van der Waals surface area contributed by atoms with Crippen LogP contribution in [0.4, 0.5) is 0 Å². The molecule has 0 saturated carbocycles. The van der Waals surface area contributed by atoms with Gasteiger partial charge in [0, 0.05) is 16.1 Å². The number of halogens is 1. The molecule has 2 N–H and O–H groups in total. The molecule has 3 rings (SSSR count). The molecule has 0 spiro atoms. The molecule has 1 amide bonds. The van der Waals surface area contributed by atoms with E-state index in [-0.39, 0.29) is 5.95 Å². The number of hydrogen-bond donors (Lipinski definition) is 1. The molecule has 1 aromatic heterocycles. The van der Waals surface area contributed by atoms with Crippen LogP contribution in [0, 0.1) is 0 Å². The average molecular weight is 315 g/mol. The molecule has 0 fully saturated rings. The second-order valence-electron chi connectivity index (χ2n) is 4.48. The molecule has 5 nitrogen and oxygen atoms in total. The number of nitrogens with two attached hydrogens (primary N) is 1. The van der Waals surface area contributed by atoms with E-state index >= 15 is 0 Å². The van der Waals surface area contributed by atoms with Gasteiger partial charge in [-0.3, -0.25) is 4.79 Å². The summed E-state index contributed by atoms with van der Waals surface area (Å²) in [5.41, 5.74) is 6.38. The Bertz CT molecular complexity index is 795. The minimum atomic E-state index is -0.490. The molecule has 0 unspecified atom stereocenters. The van der Waals surface area contributed by atoms with Gasteiger partial charge in [0.2, 0.25) is 11.8 Å². The molecule has 110 valence electrons. The lowest BCUT2D eigenvalue weighted by atomic mass is 10.2. The molecule has 0 bridgehead atoms. The van der Waals surface area contributed by atoms with Gasteiger partial charge in [0.05, 0.1) is 0 Å². The van der Waals surface area contributed by atoms with Crippen LogP contribution in [0.1, 0.15) is 10.4 Å². The highest BCUT2D eigenvalue weighted by atomic mass is 35.5. The van der Waals surface area contributed by atoms with Crippen molar-refractivity contribution in [1.82, 2.24) is 4.98 Å². The maximum absolute atomic E-state index is 11.0. The zero-order chi connectivity index (χ0) is 15.5. The summed E-state index contributed by atoms with van der Waals surface area (Å²) in [6.45, 7) is 0. The molecule has 0 aliphatic carbocycles. The SMILES string of the molecule is NC(=O)c1ccc(Oc2cnc(-c3ccc(Cl)cc3)o2)cc1. The monoisotopic (exact) mass is 314 g/mol. The second-order valence-corrected chi connectivity index (χ2v) is 4.92. The normalized spacial score (nSPS) is 10.4. The first-order valence-corrected chi connectivity index (χ1v) is 6.79. The summed E-state index contributed by atoms with van der Waals surface area (Å²) in [5, 5.41) is 0.640. The topological polar surface area (TPSA) is 78.4 Å². The predicted molar refractivity (Wildman–Crippen MR) is 82.0 cm³/mol. The van der Waals surface area contributed by atoms with Crippen molar-refractivity contribution in [3.8, 4) is 23.1 Å². The lowest BCUT2D eigenvalue weighted by Crippen LogP contribution is -2.10. The average Bonchev–Trinajstić information content (AvgIpc) is 2.97. The van der Waals surface area contributed by atoms with E-state index in [4.69, 9.17) is 26.5 Å². The fourth-order valence-corrected chi connectivity index (χ4v) is 1.96. The smallest absolute Gasteiger partial charge is 0.311 e. The number of primary amides is 1. The second kappa shape index (κ2) is 5.91. The fourth-order valence-electron chi connectivity index (χ4n) is 1.84. The Morgan fingerprint density at radius 2 is 1.77 bits per heavy atom. The zero-order valence-electron chi connectivity index (χ0n) is 11.3. The summed E-state index contributed by atoms with van der Waals surface area (Å²) >= 11 is 5.84. The highest BCUT2D eigenvalue weighted by molar-refractivity contribution is 6.30. The maximum Gasteiger partial charge on any atom is 0.311 e. The Morgan fingerprint density at radius 1 is 1.09 bits per heavy atom. The number of oxazole rings is 1. The van der Waals surface area contributed by atoms with Crippen LogP contribution in [0.3, 0.4) is 0 Å². The Morgan fingerprint density at radius 3 is 2.41 bits per heavy atom. The van der Waals surface area contributed by atoms with Crippen molar-refractivity contribution >= 4 is 17.5 Å². The van der Waals surface area contributed by atoms with Gasteiger partial charge in [0.15, 0.2) is 0 Å². The highest BCUT2D eigenvalue weighted by Gasteiger charge is 2.09. The minimum absolute atomic E-state index is 0.247. The number of amides is 1. The summed E-state index contributed by atoms with van der Waals surface area (Å²) in [5.74, 6) is 0.706. The number of carbonyl (C=O) groups is 1. The van der Waals surface area contributed by atoms with Gasteiger partial charge in [-0.25, -0.2) is 4.98 Å². The number of aromatic nitrogens is 1. The molecule has 0 saturated heterocycles. The number of carbonyl (C=O) groups excluding carboxylic acids is 1. The van der Waals surface area contributed by atoms with E-state index in [1.54, 1.807) is 48.5 Å². The molecule has 3 aromatic rings. The van der Waals surface area contributed by atoms with Crippen LogP contribution < -0.4 is 10.5 Å². The molecule has 0 aliphatic heterocycles. The van der Waals surface area contributed by atoms with E-state index in [0.29, 0.717) is 22.2 Å². The molecular weight excluding hydrogens is 304 g/mol. The third kappa shape index (κ3) is 3.10. The summed E-state index contributed by atoms with van der Waals surface area (Å²) in [7, 11) is 0. The lowest BCUT2D eigenvalue weighted by molar-refractivity contribution is 0.100. The van der Waals surface area contributed by atoms with Gasteiger partial charge in [-0.2, -0.15) is 0 Å². The third-order valence-electron chi connectivity index (χ3n) is 2.93. The standard InChI is InChI=1S/C16H11ClN2O3/c17-12-5-1-11(2-6-12)16-19-9-14(22-16)21-13-7-3-10(4-8-13)15(18)20/h1-9H,(H2,18,20). The van der Waals surface area contributed by atoms with Crippen LogP contribution in [0.5, 0.6) is 11.7 Å². The molecule has 0 aliphatic rings. The number of benzene rings is 2. The highest BCUT2D eigenvalue weighted by Crippen LogP contribution is 2.27. The van der Waals surface area contributed by atoms with Gasteiger partial charge in [-0.15, -0.1) is 0 Å². The van der Waals surface area contributed by atoms with Crippen LogP contribution >= 0.6 is 11.6 Å². The fraction of sp³-hybridized carbons (Fsp3) is 0. The third-order valence-corrected chi connectivity index (χ3v) is 3.18. The summed E-state index contributed by atoms with van der Waals surface area (Å²) in [4.78, 5) is 15.1. The van der Waals surface area contributed by atoms with Gasteiger partial charge in [0.1, 0.15) is 11.9 Å². The van der Waals surface area contributed by atoms with Crippen LogP contribution in [-0.4, -0.2) is 10.9 Å². The van der Waals surface area contributed by atoms with E-state index < -0.39 is 5.91 Å². The van der Waals surface area contributed by atoms with Gasteiger partial charge < -0.3 is 14.9 Å². The van der Waals surface area contributed by atoms with Crippen molar-refractivity contribution in [3.05, 3.63) is 65.3 Å². The quantitative estimate of drug-likeness (QED) is 0.792. The Hall–Kier alpha value is -2.79. The first-order chi connectivity index (χ1) is 10.6. The Kier molecular flexibility index (Phi) is 3.80. The van der Waals surface area contributed by atoms with Crippen molar-refractivity contribution < 1.29 is 13.9 Å². The maximum atomic E-state index is 11.0. The molecular formula is C16H11ClN2O3. The molecule has 1 heterocycles. The Balaban J connectivity index is 1.76. The van der Waals surface area contributed by atoms with E-state index in [9.17, 15) is 4.79 Å². The summed E-state index contributed by atoms with van der Waals surface area (Å²) < 4.78 is 11.1. The predicted octanol–water partition coefficient (Wildman–Crippen LogP) is 3.89. The van der Waals surface area contributed by atoms with Crippen LogP contribution in [0.2, 0.25) is 5.02 Å². The zero-order valence-corrected chi connectivity index (χ0v) is 12.1. The van der Waals surface area contributed by atoms with Crippen molar-refractivity contribution in [2.75, 3.05) is 0 Å². The van der Waals surface area contributed by atoms with E-state index in [1.807, 2.05) is 0 Å². The van der Waals surface area contributed by atoms with Gasteiger partial charge in [-0.05, 0) is 48.5 Å². The van der Waals surface area contributed by atoms with Crippen molar-refractivity contribution in [3.63, 3.8) is 0 Å². The van der Waals surface area contributed by atoms with E-state index in [1.165, 1.54) is 6.20 Å². The van der Waals surface area contributed by atoms with Crippen LogP contribution in [0.15, 0.2) is 59.1 Å². The summed E-state index contributed by atoms with van der Waals surface area (Å²) in [6.07, 6.45) is 1.48. The molecule has 0 atom stereocenters. The van der Waals surface area contributed by atoms with Gasteiger partial charge in [-0.1, -0.05) is 11.6 Å². The first kappa shape index (κ1) is 14.2. The van der Waals surface area contributed by atoms with Gasteiger partial charge >= 0.3 is 5.95 Å². The largest absolute Gasteiger partial charge is 0.425 e. The number of hydrogen-bond acceptors (Lipinski definition) is 4. The first-order valence-electron chi connectivity index (χ1n) is 6.41. The van der Waals surface area contributed by atoms with E-state index in [0.717, 1.165) is 5.56 Å². The lowest BCUT2D eigenvalue weighted by Gasteiger charge is -2.02.